The average molecular weight is 401 g/mol. The molecule has 150 valence electrons. The highest BCUT2D eigenvalue weighted by Crippen LogP contribution is 2.18. The van der Waals surface area contributed by atoms with Crippen molar-refractivity contribution in [3.63, 3.8) is 0 Å². The van der Waals surface area contributed by atoms with Crippen LogP contribution in [0.15, 0.2) is 54.6 Å². The fourth-order valence-corrected chi connectivity index (χ4v) is 3.37. The molecular weight excluding hydrogens is 372 g/mol. The Morgan fingerprint density at radius 1 is 1.04 bits per heavy atom. The van der Waals surface area contributed by atoms with Crippen molar-refractivity contribution in [3.05, 3.63) is 70.7 Å². The Balaban J connectivity index is 2.19. The molecule has 4 nitrogen and oxygen atoms in total. The van der Waals surface area contributed by atoms with Crippen molar-refractivity contribution in [2.24, 2.45) is 0 Å². The Kier molecular flexibility index (Phi) is 9.02. The summed E-state index contributed by atoms with van der Waals surface area (Å²) in [7, 11) is 0. The van der Waals surface area contributed by atoms with Gasteiger partial charge in [-0.05, 0) is 36.5 Å². The zero-order valence-corrected chi connectivity index (χ0v) is 17.4. The van der Waals surface area contributed by atoms with Crippen LogP contribution < -0.4 is 5.32 Å². The van der Waals surface area contributed by atoms with Gasteiger partial charge in [-0.1, -0.05) is 74.0 Å². The van der Waals surface area contributed by atoms with Gasteiger partial charge in [-0.15, -0.1) is 0 Å². The molecule has 2 aromatic carbocycles. The molecule has 0 spiro atoms. The highest BCUT2D eigenvalue weighted by Gasteiger charge is 2.28. The van der Waals surface area contributed by atoms with Gasteiger partial charge in [0, 0.05) is 18.1 Å². The van der Waals surface area contributed by atoms with E-state index in [0.717, 1.165) is 17.5 Å². The van der Waals surface area contributed by atoms with E-state index >= 15 is 0 Å². The summed E-state index contributed by atoms with van der Waals surface area (Å²) in [6.07, 6.45) is 2.32. The predicted octanol–water partition coefficient (Wildman–Crippen LogP) is 4.26. The maximum Gasteiger partial charge on any atom is 0.242 e. The molecule has 5 heteroatoms. The SMILES string of the molecule is CCCNC(=O)C(CC)N(CCc1ccccc1)C(=O)Cc1ccccc1Cl. The van der Waals surface area contributed by atoms with Crippen molar-refractivity contribution in [2.75, 3.05) is 13.1 Å². The van der Waals surface area contributed by atoms with Gasteiger partial charge in [0.25, 0.3) is 0 Å². The predicted molar refractivity (Wildman–Crippen MR) is 114 cm³/mol. The summed E-state index contributed by atoms with van der Waals surface area (Å²) < 4.78 is 0. The zero-order valence-electron chi connectivity index (χ0n) is 16.7. The third-order valence-corrected chi connectivity index (χ3v) is 5.09. The van der Waals surface area contributed by atoms with Crippen molar-refractivity contribution in [3.8, 4) is 0 Å². The van der Waals surface area contributed by atoms with Crippen LogP contribution in [0.3, 0.4) is 0 Å². The molecule has 0 heterocycles. The smallest absolute Gasteiger partial charge is 0.242 e. The van der Waals surface area contributed by atoms with Crippen LogP contribution in [0.2, 0.25) is 5.02 Å². The van der Waals surface area contributed by atoms with E-state index in [1.54, 1.807) is 11.0 Å². The first-order valence-corrected chi connectivity index (χ1v) is 10.3. The molecule has 1 atom stereocenters. The lowest BCUT2D eigenvalue weighted by molar-refractivity contribution is -0.140. The number of benzene rings is 2. The number of amides is 2. The van der Waals surface area contributed by atoms with Gasteiger partial charge in [0.05, 0.1) is 6.42 Å². The largest absolute Gasteiger partial charge is 0.354 e. The summed E-state index contributed by atoms with van der Waals surface area (Å²) in [5.74, 6) is -0.174. The van der Waals surface area contributed by atoms with E-state index in [-0.39, 0.29) is 18.2 Å². The fraction of sp³-hybridized carbons (Fsp3) is 0.391. The summed E-state index contributed by atoms with van der Waals surface area (Å²) in [6.45, 7) is 5.05. The molecule has 0 aliphatic carbocycles. The number of halogens is 1. The van der Waals surface area contributed by atoms with Crippen LogP contribution in [-0.2, 0) is 22.4 Å². The molecule has 1 unspecified atom stereocenters. The van der Waals surface area contributed by atoms with Gasteiger partial charge in [0.1, 0.15) is 6.04 Å². The summed E-state index contributed by atoms with van der Waals surface area (Å²) in [6, 6.07) is 16.9. The van der Waals surface area contributed by atoms with E-state index in [0.29, 0.717) is 31.0 Å². The maximum absolute atomic E-state index is 13.2. The topological polar surface area (TPSA) is 49.4 Å². The van der Waals surface area contributed by atoms with Crippen LogP contribution in [0, 0.1) is 0 Å². The van der Waals surface area contributed by atoms with Crippen molar-refractivity contribution < 1.29 is 9.59 Å². The standard InChI is InChI=1S/C23H29ClN2O2/c1-3-15-25-23(28)21(4-2)26(16-14-18-10-6-5-7-11-18)22(27)17-19-12-8-9-13-20(19)24/h5-13,21H,3-4,14-17H2,1-2H3,(H,25,28). The Hall–Kier alpha value is -2.33. The molecular formula is C23H29ClN2O2. The number of nitrogens with zero attached hydrogens (tertiary/aromatic N) is 1. The highest BCUT2D eigenvalue weighted by molar-refractivity contribution is 6.31. The molecule has 2 rings (SSSR count). The Morgan fingerprint density at radius 3 is 2.36 bits per heavy atom. The number of hydrogen-bond acceptors (Lipinski definition) is 2. The van der Waals surface area contributed by atoms with Crippen LogP contribution in [0.5, 0.6) is 0 Å². The van der Waals surface area contributed by atoms with E-state index in [1.165, 1.54) is 0 Å². The Morgan fingerprint density at radius 2 is 1.71 bits per heavy atom. The normalized spacial score (nSPS) is 11.7. The van der Waals surface area contributed by atoms with Gasteiger partial charge < -0.3 is 10.2 Å². The maximum atomic E-state index is 13.2. The van der Waals surface area contributed by atoms with Crippen LogP contribution in [-0.4, -0.2) is 35.8 Å². The van der Waals surface area contributed by atoms with Gasteiger partial charge in [-0.3, -0.25) is 9.59 Å². The van der Waals surface area contributed by atoms with Crippen molar-refractivity contribution >= 4 is 23.4 Å². The minimum absolute atomic E-state index is 0.0810. The molecule has 0 aromatic heterocycles. The number of carbonyl (C=O) groups excluding carboxylic acids is 2. The summed E-state index contributed by atoms with van der Waals surface area (Å²) in [5.41, 5.74) is 1.92. The quantitative estimate of drug-likeness (QED) is 0.647. The second-order valence-electron chi connectivity index (χ2n) is 6.81. The van der Waals surface area contributed by atoms with Crippen molar-refractivity contribution in [1.29, 1.82) is 0 Å². The van der Waals surface area contributed by atoms with E-state index < -0.39 is 6.04 Å². The molecule has 0 aliphatic heterocycles. The summed E-state index contributed by atoms with van der Waals surface area (Å²) in [4.78, 5) is 27.5. The molecule has 2 amide bonds. The van der Waals surface area contributed by atoms with Crippen LogP contribution in [0.1, 0.15) is 37.8 Å². The van der Waals surface area contributed by atoms with Gasteiger partial charge >= 0.3 is 0 Å². The third-order valence-electron chi connectivity index (χ3n) is 4.72. The number of rotatable bonds is 10. The third kappa shape index (κ3) is 6.38. The highest BCUT2D eigenvalue weighted by atomic mass is 35.5. The van der Waals surface area contributed by atoms with Crippen LogP contribution >= 0.6 is 11.6 Å². The lowest BCUT2D eigenvalue weighted by Crippen LogP contribution is -2.50. The first kappa shape index (κ1) is 22.0. The second-order valence-corrected chi connectivity index (χ2v) is 7.21. The molecule has 28 heavy (non-hydrogen) atoms. The number of carbonyl (C=O) groups is 2. The molecule has 1 N–H and O–H groups in total. The second kappa shape index (κ2) is 11.5. The molecule has 2 aromatic rings. The minimum atomic E-state index is -0.481. The van der Waals surface area contributed by atoms with E-state index in [9.17, 15) is 9.59 Å². The molecule has 0 fully saturated rings. The summed E-state index contributed by atoms with van der Waals surface area (Å²) in [5, 5.41) is 3.50. The first-order chi connectivity index (χ1) is 13.6. The minimum Gasteiger partial charge on any atom is -0.354 e. The van der Waals surface area contributed by atoms with E-state index in [1.807, 2.05) is 62.4 Å². The van der Waals surface area contributed by atoms with Gasteiger partial charge in [0.15, 0.2) is 0 Å². The molecule has 0 saturated carbocycles. The molecule has 0 saturated heterocycles. The average Bonchev–Trinajstić information content (AvgIpc) is 2.71. The van der Waals surface area contributed by atoms with Gasteiger partial charge in [-0.2, -0.15) is 0 Å². The van der Waals surface area contributed by atoms with Gasteiger partial charge in [-0.25, -0.2) is 0 Å². The van der Waals surface area contributed by atoms with E-state index in [4.69, 9.17) is 11.6 Å². The first-order valence-electron chi connectivity index (χ1n) is 9.91. The summed E-state index contributed by atoms with van der Waals surface area (Å²) >= 11 is 6.24. The molecule has 0 aliphatic rings. The van der Waals surface area contributed by atoms with E-state index in [2.05, 4.69) is 5.32 Å². The zero-order chi connectivity index (χ0) is 20.4. The Bertz CT molecular complexity index is 764. The fourth-order valence-electron chi connectivity index (χ4n) is 3.17. The molecule has 0 radical (unpaired) electrons. The molecule has 0 bridgehead atoms. The number of hydrogen-bond donors (Lipinski definition) is 1. The lowest BCUT2D eigenvalue weighted by Gasteiger charge is -2.31. The van der Waals surface area contributed by atoms with Gasteiger partial charge in [0.2, 0.25) is 11.8 Å². The lowest BCUT2D eigenvalue weighted by atomic mass is 10.1. The van der Waals surface area contributed by atoms with Crippen molar-refractivity contribution in [2.45, 2.75) is 45.6 Å². The number of nitrogens with one attached hydrogen (secondary N) is 1. The monoisotopic (exact) mass is 400 g/mol. The van der Waals surface area contributed by atoms with Crippen molar-refractivity contribution in [1.82, 2.24) is 10.2 Å². The van der Waals surface area contributed by atoms with Crippen LogP contribution in [0.25, 0.3) is 0 Å². The van der Waals surface area contributed by atoms with Crippen LogP contribution in [0.4, 0.5) is 0 Å². The Labute approximate surface area is 172 Å².